The first-order valence-corrected chi connectivity index (χ1v) is 4.74. The summed E-state index contributed by atoms with van der Waals surface area (Å²) in [7, 11) is 0. The summed E-state index contributed by atoms with van der Waals surface area (Å²) in [6, 6.07) is 9.92. The van der Waals surface area contributed by atoms with Gasteiger partial charge in [-0.25, -0.2) is 0 Å². The highest BCUT2D eigenvalue weighted by Gasteiger charge is 2.04. The fraction of sp³-hybridized carbons (Fsp3) is 0.333. The van der Waals surface area contributed by atoms with Crippen LogP contribution in [0.1, 0.15) is 12.0 Å². The van der Waals surface area contributed by atoms with Crippen LogP contribution in [0.5, 0.6) is 0 Å². The van der Waals surface area contributed by atoms with Crippen molar-refractivity contribution in [3.8, 4) is 0 Å². The number of aliphatic hydroxyl groups excluding tert-OH is 1. The highest BCUT2D eigenvalue weighted by molar-refractivity contribution is 5.13. The average molecular weight is 192 g/mol. The molecule has 1 aromatic rings. The molecule has 0 aliphatic carbocycles. The van der Waals surface area contributed by atoms with E-state index in [-0.39, 0.29) is 12.7 Å². The number of hydrogen-bond donors (Lipinski definition) is 1. The van der Waals surface area contributed by atoms with E-state index in [0.29, 0.717) is 13.0 Å². The van der Waals surface area contributed by atoms with Gasteiger partial charge in [-0.05, 0) is 12.0 Å². The molecule has 14 heavy (non-hydrogen) atoms. The normalized spacial score (nSPS) is 12.4. The predicted molar refractivity (Wildman–Crippen MR) is 56.9 cm³/mol. The molecule has 0 heterocycles. The molecule has 2 heteroatoms. The lowest BCUT2D eigenvalue weighted by Crippen LogP contribution is -2.16. The largest absolute Gasteiger partial charge is 0.394 e. The van der Waals surface area contributed by atoms with E-state index >= 15 is 0 Å². The van der Waals surface area contributed by atoms with E-state index in [0.717, 1.165) is 5.56 Å². The zero-order chi connectivity index (χ0) is 10.2. The van der Waals surface area contributed by atoms with Crippen LogP contribution in [0.3, 0.4) is 0 Å². The number of ether oxygens (including phenoxy) is 1. The van der Waals surface area contributed by atoms with E-state index in [1.807, 2.05) is 30.3 Å². The summed E-state index contributed by atoms with van der Waals surface area (Å²) < 4.78 is 5.50. The lowest BCUT2D eigenvalue weighted by Gasteiger charge is -2.13. The van der Waals surface area contributed by atoms with Crippen molar-refractivity contribution in [2.45, 2.75) is 19.1 Å². The van der Waals surface area contributed by atoms with Crippen LogP contribution in [-0.2, 0) is 11.3 Å². The van der Waals surface area contributed by atoms with Crippen LogP contribution in [0.25, 0.3) is 0 Å². The number of aliphatic hydroxyl groups is 1. The van der Waals surface area contributed by atoms with Crippen LogP contribution in [0.4, 0.5) is 0 Å². The van der Waals surface area contributed by atoms with E-state index in [4.69, 9.17) is 9.84 Å². The van der Waals surface area contributed by atoms with Crippen LogP contribution in [0.15, 0.2) is 43.0 Å². The molecule has 0 amide bonds. The van der Waals surface area contributed by atoms with Crippen molar-refractivity contribution >= 4 is 0 Å². The molecule has 0 bridgehead atoms. The lowest BCUT2D eigenvalue weighted by molar-refractivity contribution is 0.00479. The quantitative estimate of drug-likeness (QED) is 0.700. The maximum absolute atomic E-state index is 8.96. The molecule has 1 aromatic carbocycles. The molecule has 0 aliphatic heterocycles. The Morgan fingerprint density at radius 2 is 2.07 bits per heavy atom. The van der Waals surface area contributed by atoms with Crippen LogP contribution in [-0.4, -0.2) is 17.8 Å². The Labute approximate surface area is 84.8 Å². The maximum Gasteiger partial charge on any atom is 0.0844 e. The first kappa shape index (κ1) is 11.0. The van der Waals surface area contributed by atoms with Crippen molar-refractivity contribution in [2.75, 3.05) is 6.61 Å². The maximum atomic E-state index is 8.96. The Balaban J connectivity index is 2.35. The zero-order valence-corrected chi connectivity index (χ0v) is 8.23. The van der Waals surface area contributed by atoms with Crippen molar-refractivity contribution in [1.82, 2.24) is 0 Å². The zero-order valence-electron chi connectivity index (χ0n) is 8.23. The molecule has 0 saturated carbocycles. The van der Waals surface area contributed by atoms with E-state index in [2.05, 4.69) is 6.58 Å². The van der Waals surface area contributed by atoms with Crippen molar-refractivity contribution in [3.05, 3.63) is 48.6 Å². The van der Waals surface area contributed by atoms with Gasteiger partial charge in [0.15, 0.2) is 0 Å². The first-order valence-electron chi connectivity index (χ1n) is 4.74. The number of benzene rings is 1. The third kappa shape index (κ3) is 3.73. The smallest absolute Gasteiger partial charge is 0.0844 e. The molecule has 0 aromatic heterocycles. The van der Waals surface area contributed by atoms with Gasteiger partial charge in [-0.2, -0.15) is 0 Å². The van der Waals surface area contributed by atoms with Crippen molar-refractivity contribution in [2.24, 2.45) is 0 Å². The van der Waals surface area contributed by atoms with Gasteiger partial charge in [0.2, 0.25) is 0 Å². The second-order valence-electron chi connectivity index (χ2n) is 3.13. The molecule has 1 rings (SSSR count). The summed E-state index contributed by atoms with van der Waals surface area (Å²) in [5, 5.41) is 8.96. The van der Waals surface area contributed by atoms with Gasteiger partial charge in [0.05, 0.1) is 19.3 Å². The van der Waals surface area contributed by atoms with Gasteiger partial charge in [0.1, 0.15) is 0 Å². The van der Waals surface area contributed by atoms with Gasteiger partial charge >= 0.3 is 0 Å². The topological polar surface area (TPSA) is 29.5 Å². The lowest BCUT2D eigenvalue weighted by atomic mass is 10.2. The predicted octanol–water partition coefficient (Wildman–Crippen LogP) is 2.14. The summed E-state index contributed by atoms with van der Waals surface area (Å²) in [5.41, 5.74) is 1.12. The third-order valence-electron chi connectivity index (χ3n) is 1.96. The molecule has 1 atom stereocenters. The van der Waals surface area contributed by atoms with Gasteiger partial charge in [-0.15, -0.1) is 6.58 Å². The highest BCUT2D eigenvalue weighted by atomic mass is 16.5. The molecule has 0 saturated heterocycles. The van der Waals surface area contributed by atoms with Crippen molar-refractivity contribution in [3.63, 3.8) is 0 Å². The second kappa shape index (κ2) is 6.35. The van der Waals surface area contributed by atoms with Gasteiger partial charge in [-0.3, -0.25) is 0 Å². The van der Waals surface area contributed by atoms with Gasteiger partial charge < -0.3 is 9.84 Å². The van der Waals surface area contributed by atoms with Gasteiger partial charge in [0.25, 0.3) is 0 Å². The van der Waals surface area contributed by atoms with Crippen molar-refractivity contribution < 1.29 is 9.84 Å². The van der Waals surface area contributed by atoms with Crippen molar-refractivity contribution in [1.29, 1.82) is 0 Å². The highest BCUT2D eigenvalue weighted by Crippen LogP contribution is 2.05. The Morgan fingerprint density at radius 1 is 1.36 bits per heavy atom. The summed E-state index contributed by atoms with van der Waals surface area (Å²) in [6.45, 7) is 4.19. The minimum atomic E-state index is -0.132. The Bertz CT molecular complexity index is 256. The molecular weight excluding hydrogens is 176 g/mol. The number of hydrogen-bond acceptors (Lipinski definition) is 2. The number of rotatable bonds is 6. The van der Waals surface area contributed by atoms with Gasteiger partial charge in [-0.1, -0.05) is 36.4 Å². The fourth-order valence-corrected chi connectivity index (χ4v) is 1.17. The van der Waals surface area contributed by atoms with E-state index in [1.165, 1.54) is 0 Å². The summed E-state index contributed by atoms with van der Waals surface area (Å²) in [4.78, 5) is 0. The molecule has 0 spiro atoms. The Kier molecular flexibility index (Phi) is 4.97. The molecular formula is C12H16O2. The molecule has 0 aliphatic rings. The molecule has 76 valence electrons. The van der Waals surface area contributed by atoms with Crippen LogP contribution in [0.2, 0.25) is 0 Å². The Morgan fingerprint density at radius 3 is 2.64 bits per heavy atom. The van der Waals surface area contributed by atoms with Crippen LogP contribution in [0, 0.1) is 0 Å². The fourth-order valence-electron chi connectivity index (χ4n) is 1.17. The molecule has 0 unspecified atom stereocenters. The minimum Gasteiger partial charge on any atom is -0.394 e. The average Bonchev–Trinajstić information content (AvgIpc) is 2.25. The Hall–Kier alpha value is -1.12. The van der Waals surface area contributed by atoms with E-state index in [1.54, 1.807) is 6.08 Å². The second-order valence-corrected chi connectivity index (χ2v) is 3.13. The molecule has 2 nitrogen and oxygen atoms in total. The van der Waals surface area contributed by atoms with Crippen LogP contribution >= 0.6 is 0 Å². The van der Waals surface area contributed by atoms with Gasteiger partial charge in [0, 0.05) is 0 Å². The standard InChI is InChI=1S/C12H16O2/c1-2-6-12(9-13)14-10-11-7-4-3-5-8-11/h2-5,7-8,12-13H,1,6,9-10H2/t12-/m1/s1. The molecule has 0 radical (unpaired) electrons. The summed E-state index contributed by atoms with van der Waals surface area (Å²) in [5.74, 6) is 0. The minimum absolute atomic E-state index is 0.0405. The summed E-state index contributed by atoms with van der Waals surface area (Å²) in [6.07, 6.45) is 2.31. The SMILES string of the molecule is C=CC[C@H](CO)OCc1ccccc1. The van der Waals surface area contributed by atoms with E-state index in [9.17, 15) is 0 Å². The molecule has 0 fully saturated rings. The molecule has 1 N–H and O–H groups in total. The van der Waals surface area contributed by atoms with Crippen LogP contribution < -0.4 is 0 Å². The monoisotopic (exact) mass is 192 g/mol. The summed E-state index contributed by atoms with van der Waals surface area (Å²) >= 11 is 0. The van der Waals surface area contributed by atoms with E-state index < -0.39 is 0 Å². The third-order valence-corrected chi connectivity index (χ3v) is 1.96. The first-order chi connectivity index (χ1) is 6.86.